The molecule has 0 N–H and O–H groups in total. The maximum atomic E-state index is 2.52. The highest BCUT2D eigenvalue weighted by atomic mass is 32.1. The predicted octanol–water partition coefficient (Wildman–Crippen LogP) is 22.3. The minimum atomic E-state index is 1.11. The number of hydrogen-bond acceptors (Lipinski definition) is 4. The smallest absolute Gasteiger partial charge is 0.0618 e. The SMILES string of the molecule is Cc1cc(-c2ccc(N(c3ccc4sc5ccccc5c4c3)c3c(-c4ccccc4)cccc3-c3ccccc3)c(C)c2)ccc1N(c1ccc2sc3ccccc3c2c1)c1c(-c2ccccc2)cccc1-c1ccccc1. The summed E-state index contributed by atoms with van der Waals surface area (Å²) in [6, 6.07) is 103. The number of hydrogen-bond donors (Lipinski definition) is 0. The molecule has 0 spiro atoms. The van der Waals surface area contributed by atoms with Gasteiger partial charge >= 0.3 is 0 Å². The summed E-state index contributed by atoms with van der Waals surface area (Å²) in [4.78, 5) is 5.04. The van der Waals surface area contributed by atoms with Gasteiger partial charge in [-0.15, -0.1) is 22.7 Å². The number of fused-ring (bicyclic) bond motifs is 6. The largest absolute Gasteiger partial charge is 0.309 e. The second-order valence-electron chi connectivity index (χ2n) is 20.1. The topological polar surface area (TPSA) is 6.48 Å². The minimum absolute atomic E-state index is 1.11. The van der Waals surface area contributed by atoms with Crippen LogP contribution in [-0.4, -0.2) is 0 Å². The van der Waals surface area contributed by atoms with E-state index in [9.17, 15) is 0 Å². The van der Waals surface area contributed by atoms with Crippen molar-refractivity contribution in [2.75, 3.05) is 9.80 Å². The Hall–Kier alpha value is -9.32. The molecule has 4 heteroatoms. The van der Waals surface area contributed by atoms with E-state index in [1.165, 1.54) is 96.0 Å². The first kappa shape index (κ1) is 47.2. The van der Waals surface area contributed by atoms with Gasteiger partial charge in [0, 0.05) is 85.3 Å². The molecule has 14 rings (SSSR count). The van der Waals surface area contributed by atoms with Gasteiger partial charge in [-0.3, -0.25) is 0 Å². The van der Waals surface area contributed by atoms with Gasteiger partial charge in [0.15, 0.2) is 0 Å². The normalized spacial score (nSPS) is 11.5. The molecule has 0 amide bonds. The van der Waals surface area contributed by atoms with Crippen molar-refractivity contribution in [2.45, 2.75) is 13.8 Å². The lowest BCUT2D eigenvalue weighted by molar-refractivity contribution is 1.25. The quantitative estimate of drug-likeness (QED) is 0.127. The first-order valence-corrected chi connectivity index (χ1v) is 28.3. The van der Waals surface area contributed by atoms with E-state index in [-0.39, 0.29) is 0 Å². The molecule has 0 aliphatic heterocycles. The Kier molecular flexibility index (Phi) is 12.1. The van der Waals surface area contributed by atoms with E-state index >= 15 is 0 Å². The van der Waals surface area contributed by atoms with Crippen LogP contribution in [0.25, 0.3) is 96.0 Å². The maximum absolute atomic E-state index is 2.52. The molecule has 0 bridgehead atoms. The molecule has 0 saturated heterocycles. The van der Waals surface area contributed by atoms with Gasteiger partial charge < -0.3 is 9.80 Å². The van der Waals surface area contributed by atoms with E-state index < -0.39 is 0 Å². The lowest BCUT2D eigenvalue weighted by atomic mass is 9.92. The molecule has 12 aromatic carbocycles. The molecule has 14 aromatic rings. The number of rotatable bonds is 11. The van der Waals surface area contributed by atoms with Crippen LogP contribution in [0.15, 0.2) is 279 Å². The van der Waals surface area contributed by atoms with Crippen LogP contribution in [0, 0.1) is 13.8 Å². The first-order chi connectivity index (χ1) is 38.5. The van der Waals surface area contributed by atoms with Crippen molar-refractivity contribution in [3.05, 3.63) is 290 Å². The summed E-state index contributed by atoms with van der Waals surface area (Å²) in [7, 11) is 0. The predicted molar refractivity (Wildman–Crippen MR) is 338 cm³/mol. The Balaban J connectivity index is 0.946. The number of nitrogens with zero attached hydrogens (tertiary/aromatic N) is 2. The number of aryl methyl sites for hydroxylation is 2. The minimum Gasteiger partial charge on any atom is -0.309 e. The van der Waals surface area contributed by atoms with Gasteiger partial charge in [0.1, 0.15) is 0 Å². The molecule has 2 nitrogen and oxygen atoms in total. The highest BCUT2D eigenvalue weighted by Gasteiger charge is 2.27. The van der Waals surface area contributed by atoms with Crippen LogP contribution in [0.3, 0.4) is 0 Å². The van der Waals surface area contributed by atoms with E-state index in [0.29, 0.717) is 0 Å². The third-order valence-corrected chi connectivity index (χ3v) is 17.6. The van der Waals surface area contributed by atoms with Crippen molar-refractivity contribution in [2.24, 2.45) is 0 Å². The Morgan fingerprint density at radius 2 is 0.564 bits per heavy atom. The number of anilines is 6. The second-order valence-corrected chi connectivity index (χ2v) is 22.3. The summed E-state index contributed by atoms with van der Waals surface area (Å²) in [6.45, 7) is 4.55. The van der Waals surface area contributed by atoms with Gasteiger partial charge in [-0.1, -0.05) is 206 Å². The van der Waals surface area contributed by atoms with Crippen molar-refractivity contribution >= 4 is 97.1 Å². The molecule has 0 radical (unpaired) electrons. The molecule has 0 atom stereocenters. The molecule has 0 saturated carbocycles. The van der Waals surface area contributed by atoms with E-state index in [0.717, 1.165) is 45.3 Å². The lowest BCUT2D eigenvalue weighted by Gasteiger charge is -2.32. The van der Waals surface area contributed by atoms with Gasteiger partial charge in [-0.2, -0.15) is 0 Å². The van der Waals surface area contributed by atoms with Crippen molar-refractivity contribution in [3.63, 3.8) is 0 Å². The fraction of sp³-hybridized carbons (Fsp3) is 0.0270. The van der Waals surface area contributed by atoms with Gasteiger partial charge in [0.2, 0.25) is 0 Å². The van der Waals surface area contributed by atoms with Crippen LogP contribution in [-0.2, 0) is 0 Å². The van der Waals surface area contributed by atoms with Crippen molar-refractivity contribution < 1.29 is 0 Å². The average Bonchev–Trinajstić information content (AvgIpc) is 4.18. The third-order valence-electron chi connectivity index (χ3n) is 15.3. The van der Waals surface area contributed by atoms with Crippen LogP contribution in [0.2, 0.25) is 0 Å². The summed E-state index contributed by atoms with van der Waals surface area (Å²) in [5, 5.41) is 5.09. The highest BCUT2D eigenvalue weighted by Crippen LogP contribution is 2.52. The van der Waals surface area contributed by atoms with Crippen LogP contribution >= 0.6 is 22.7 Å². The summed E-state index contributed by atoms with van der Waals surface area (Å²) in [5.41, 5.74) is 20.8. The molecule has 370 valence electrons. The van der Waals surface area contributed by atoms with Gasteiger partial charge in [-0.25, -0.2) is 0 Å². The van der Waals surface area contributed by atoms with E-state index in [4.69, 9.17) is 0 Å². The first-order valence-electron chi connectivity index (χ1n) is 26.6. The number of para-hydroxylation sites is 2. The molecule has 78 heavy (non-hydrogen) atoms. The van der Waals surface area contributed by atoms with Crippen molar-refractivity contribution in [1.29, 1.82) is 0 Å². The maximum Gasteiger partial charge on any atom is 0.0618 e. The Morgan fingerprint density at radius 3 is 0.910 bits per heavy atom. The number of benzene rings is 12. The van der Waals surface area contributed by atoms with Crippen molar-refractivity contribution in [1.82, 2.24) is 0 Å². The monoisotopic (exact) mass is 1030 g/mol. The van der Waals surface area contributed by atoms with Gasteiger partial charge in [0.25, 0.3) is 0 Å². The molecule has 0 fully saturated rings. The summed E-state index contributed by atoms with van der Waals surface area (Å²) in [5.74, 6) is 0. The van der Waals surface area contributed by atoms with Crippen LogP contribution in [0.4, 0.5) is 34.1 Å². The second kappa shape index (κ2) is 20.0. The van der Waals surface area contributed by atoms with Crippen LogP contribution < -0.4 is 9.80 Å². The summed E-state index contributed by atoms with van der Waals surface area (Å²) in [6.07, 6.45) is 0. The van der Waals surface area contributed by atoms with E-state index in [1.54, 1.807) is 0 Å². The Morgan fingerprint density at radius 1 is 0.244 bits per heavy atom. The standard InChI is InChI=1S/C74H52N2S2/c1-49-45-55(37-41-67(49)75(57-39-43-71-65(47-57)63-29-15-17-35-69(63)77-71)73-59(51-21-7-3-8-22-51)31-19-32-60(73)52-23-9-4-10-24-52)56-38-42-68(50(2)46-56)76(58-40-44-72-66(48-58)64-30-16-18-36-70(64)78-72)74-61(53-25-11-5-12-26-53)33-20-34-62(74)54-27-13-6-14-28-54/h3-48H,1-2H3. The van der Waals surface area contributed by atoms with Gasteiger partial charge in [-0.05, 0) is 131 Å². The third kappa shape index (κ3) is 8.43. The molecule has 2 heterocycles. The molecule has 0 unspecified atom stereocenters. The zero-order valence-corrected chi connectivity index (χ0v) is 44.9. The van der Waals surface area contributed by atoms with Crippen LogP contribution in [0.5, 0.6) is 0 Å². The molecule has 0 aliphatic rings. The van der Waals surface area contributed by atoms with E-state index in [1.807, 2.05) is 22.7 Å². The highest BCUT2D eigenvalue weighted by molar-refractivity contribution is 7.26. The molecule has 2 aromatic heterocycles. The zero-order valence-electron chi connectivity index (χ0n) is 43.3. The average molecular weight is 1030 g/mol. The van der Waals surface area contributed by atoms with Crippen molar-refractivity contribution in [3.8, 4) is 55.6 Å². The summed E-state index contributed by atoms with van der Waals surface area (Å²) >= 11 is 3.71. The van der Waals surface area contributed by atoms with E-state index in [2.05, 4.69) is 303 Å². The molecular weight excluding hydrogens is 981 g/mol. The fourth-order valence-corrected chi connectivity index (χ4v) is 13.8. The van der Waals surface area contributed by atoms with Gasteiger partial charge in [0.05, 0.1) is 11.4 Å². The zero-order chi connectivity index (χ0) is 52.1. The summed E-state index contributed by atoms with van der Waals surface area (Å²) < 4.78 is 5.16. The van der Waals surface area contributed by atoms with Crippen LogP contribution in [0.1, 0.15) is 11.1 Å². The number of thiophene rings is 2. The Bertz CT molecular complexity index is 4110. The lowest BCUT2D eigenvalue weighted by Crippen LogP contribution is -2.14. The Labute approximate surface area is 463 Å². The molecular formula is C74H52N2S2. The fourth-order valence-electron chi connectivity index (χ4n) is 11.6. The molecule has 0 aliphatic carbocycles.